The Morgan fingerprint density at radius 2 is 0.772 bits per heavy atom. The predicted molar refractivity (Wildman–Crippen MR) is 239 cm³/mol. The molecule has 2 heteroatoms. The molecule has 1 aromatic heterocycles. The lowest BCUT2D eigenvalue weighted by Crippen LogP contribution is -2.14. The molecule has 268 valence electrons. The van der Waals surface area contributed by atoms with Crippen LogP contribution in [0.3, 0.4) is 0 Å². The average molecular weight is 727 g/mol. The van der Waals surface area contributed by atoms with Crippen molar-refractivity contribution in [1.29, 1.82) is 0 Å². The minimum absolute atomic E-state index is 0.0866. The molecule has 0 atom stereocenters. The van der Waals surface area contributed by atoms with Gasteiger partial charge in [0.15, 0.2) is 5.82 Å². The van der Waals surface area contributed by atoms with E-state index in [0.29, 0.717) is 5.82 Å². The highest BCUT2D eigenvalue weighted by Gasteiger charge is 2.37. The summed E-state index contributed by atoms with van der Waals surface area (Å²) in [5, 5.41) is 7.36. The standard InChI is InChI=1S/C55H38N2/c1-55(2)49-21-11-20-46(53(49)48-32-41-16-7-8-17-42(41)33-50(48)55)38-26-24-37(25-27-38)45-18-9-10-19-47(45)54-56-51(43-28-22-35-12-3-5-14-39(35)30-43)34-52(57-54)44-29-23-36-13-4-6-15-40(36)31-44/h3-34H,1-2H3. The van der Waals surface area contributed by atoms with Gasteiger partial charge in [0.05, 0.1) is 11.4 Å². The van der Waals surface area contributed by atoms with E-state index >= 15 is 0 Å². The van der Waals surface area contributed by atoms with Crippen LogP contribution in [0.25, 0.3) is 99.6 Å². The van der Waals surface area contributed by atoms with Gasteiger partial charge in [0.25, 0.3) is 0 Å². The summed E-state index contributed by atoms with van der Waals surface area (Å²) in [4.78, 5) is 10.6. The fourth-order valence-electron chi connectivity index (χ4n) is 9.03. The second-order valence-electron chi connectivity index (χ2n) is 15.8. The summed E-state index contributed by atoms with van der Waals surface area (Å²) in [6, 6.07) is 70.2. The third-order valence-corrected chi connectivity index (χ3v) is 12.1. The molecule has 9 aromatic carbocycles. The number of nitrogens with zero attached hydrogens (tertiary/aromatic N) is 2. The lowest BCUT2D eigenvalue weighted by molar-refractivity contribution is 0.661. The van der Waals surface area contributed by atoms with Crippen LogP contribution in [0, 0.1) is 0 Å². The Morgan fingerprint density at radius 1 is 0.316 bits per heavy atom. The molecule has 57 heavy (non-hydrogen) atoms. The van der Waals surface area contributed by atoms with E-state index in [0.717, 1.165) is 39.2 Å². The summed E-state index contributed by atoms with van der Waals surface area (Å²) in [5.74, 6) is 0.704. The topological polar surface area (TPSA) is 25.8 Å². The van der Waals surface area contributed by atoms with Crippen LogP contribution in [-0.4, -0.2) is 9.97 Å². The second kappa shape index (κ2) is 13.0. The zero-order valence-corrected chi connectivity index (χ0v) is 31.9. The summed E-state index contributed by atoms with van der Waals surface area (Å²) in [5.41, 5.74) is 15.0. The van der Waals surface area contributed by atoms with Gasteiger partial charge in [-0.3, -0.25) is 0 Å². The monoisotopic (exact) mass is 726 g/mol. The maximum absolute atomic E-state index is 5.30. The Balaban J connectivity index is 1.03. The third-order valence-electron chi connectivity index (χ3n) is 12.1. The van der Waals surface area contributed by atoms with Crippen LogP contribution in [0.2, 0.25) is 0 Å². The van der Waals surface area contributed by atoms with Crippen molar-refractivity contribution in [2.24, 2.45) is 0 Å². The molecule has 0 bridgehead atoms. The largest absolute Gasteiger partial charge is 0.228 e. The lowest BCUT2D eigenvalue weighted by Gasteiger charge is -2.22. The van der Waals surface area contributed by atoms with Crippen molar-refractivity contribution in [2.75, 3.05) is 0 Å². The highest BCUT2D eigenvalue weighted by atomic mass is 14.9. The maximum atomic E-state index is 5.30. The van der Waals surface area contributed by atoms with Crippen LogP contribution in [0.4, 0.5) is 0 Å². The van der Waals surface area contributed by atoms with Crippen molar-refractivity contribution >= 4 is 32.3 Å². The zero-order chi connectivity index (χ0) is 38.1. The first-order valence-electron chi connectivity index (χ1n) is 19.7. The summed E-state index contributed by atoms with van der Waals surface area (Å²) in [6.45, 7) is 4.72. The molecular formula is C55H38N2. The number of fused-ring (bicyclic) bond motifs is 6. The first kappa shape index (κ1) is 33.2. The Bertz CT molecular complexity index is 3110. The molecule has 0 fully saturated rings. The Morgan fingerprint density at radius 3 is 1.37 bits per heavy atom. The molecule has 0 N–H and O–H groups in total. The van der Waals surface area contributed by atoms with E-state index in [9.17, 15) is 0 Å². The number of aromatic nitrogens is 2. The molecule has 10 aromatic rings. The van der Waals surface area contributed by atoms with E-state index in [2.05, 4.69) is 208 Å². The summed E-state index contributed by atoms with van der Waals surface area (Å²) < 4.78 is 0. The first-order chi connectivity index (χ1) is 28.0. The molecule has 1 heterocycles. The van der Waals surface area contributed by atoms with Crippen LogP contribution in [0.15, 0.2) is 194 Å². The van der Waals surface area contributed by atoms with Crippen molar-refractivity contribution in [1.82, 2.24) is 9.97 Å². The molecule has 0 saturated carbocycles. The molecule has 0 amide bonds. The number of hydrogen-bond acceptors (Lipinski definition) is 2. The third kappa shape index (κ3) is 5.56. The first-order valence-corrected chi connectivity index (χ1v) is 19.7. The molecule has 0 aliphatic heterocycles. The van der Waals surface area contributed by atoms with Crippen molar-refractivity contribution in [3.05, 3.63) is 205 Å². The van der Waals surface area contributed by atoms with Gasteiger partial charge in [0, 0.05) is 22.1 Å². The van der Waals surface area contributed by atoms with Gasteiger partial charge >= 0.3 is 0 Å². The highest BCUT2D eigenvalue weighted by Crippen LogP contribution is 2.53. The smallest absolute Gasteiger partial charge is 0.161 e. The minimum Gasteiger partial charge on any atom is -0.228 e. The van der Waals surface area contributed by atoms with Gasteiger partial charge in [-0.1, -0.05) is 178 Å². The molecular weight excluding hydrogens is 689 g/mol. The maximum Gasteiger partial charge on any atom is 0.161 e. The SMILES string of the molecule is CC1(C)c2cc3ccccc3cc2-c2c(-c3ccc(-c4ccccc4-c4nc(-c5ccc6ccccc6c5)cc(-c5ccc6ccccc6c5)n4)cc3)cccc21. The highest BCUT2D eigenvalue weighted by molar-refractivity contribution is 5.99. The van der Waals surface area contributed by atoms with Crippen molar-refractivity contribution in [2.45, 2.75) is 19.3 Å². The fraction of sp³-hybridized carbons (Fsp3) is 0.0545. The Kier molecular flexibility index (Phi) is 7.55. The fourth-order valence-corrected chi connectivity index (χ4v) is 9.03. The number of hydrogen-bond donors (Lipinski definition) is 0. The van der Waals surface area contributed by atoms with E-state index in [1.807, 2.05) is 0 Å². The minimum atomic E-state index is -0.0866. The average Bonchev–Trinajstić information content (AvgIpc) is 3.50. The van der Waals surface area contributed by atoms with E-state index in [-0.39, 0.29) is 5.41 Å². The zero-order valence-electron chi connectivity index (χ0n) is 31.9. The van der Waals surface area contributed by atoms with Gasteiger partial charge in [-0.05, 0) is 107 Å². The molecule has 0 spiro atoms. The van der Waals surface area contributed by atoms with Gasteiger partial charge in [-0.25, -0.2) is 9.97 Å². The Hall–Kier alpha value is -7.16. The molecule has 1 aliphatic carbocycles. The normalized spacial score (nSPS) is 12.9. The van der Waals surface area contributed by atoms with Crippen LogP contribution in [0.1, 0.15) is 25.0 Å². The molecule has 11 rings (SSSR count). The van der Waals surface area contributed by atoms with Gasteiger partial charge in [-0.15, -0.1) is 0 Å². The summed E-state index contributed by atoms with van der Waals surface area (Å²) in [7, 11) is 0. The van der Waals surface area contributed by atoms with E-state index < -0.39 is 0 Å². The van der Waals surface area contributed by atoms with E-state index in [4.69, 9.17) is 9.97 Å². The summed E-state index contributed by atoms with van der Waals surface area (Å²) >= 11 is 0. The number of rotatable bonds is 5. The van der Waals surface area contributed by atoms with Crippen molar-refractivity contribution in [3.8, 4) is 67.3 Å². The van der Waals surface area contributed by atoms with Gasteiger partial charge in [0.1, 0.15) is 0 Å². The van der Waals surface area contributed by atoms with Gasteiger partial charge in [0.2, 0.25) is 0 Å². The van der Waals surface area contributed by atoms with Crippen LogP contribution >= 0.6 is 0 Å². The van der Waals surface area contributed by atoms with Gasteiger partial charge in [-0.2, -0.15) is 0 Å². The molecule has 2 nitrogen and oxygen atoms in total. The summed E-state index contributed by atoms with van der Waals surface area (Å²) in [6.07, 6.45) is 0. The van der Waals surface area contributed by atoms with E-state index in [1.54, 1.807) is 0 Å². The molecule has 0 saturated heterocycles. The van der Waals surface area contributed by atoms with Crippen molar-refractivity contribution in [3.63, 3.8) is 0 Å². The predicted octanol–water partition coefficient (Wildman–Crippen LogP) is 14.6. The number of benzene rings is 9. The van der Waals surface area contributed by atoms with Crippen LogP contribution < -0.4 is 0 Å². The second-order valence-corrected chi connectivity index (χ2v) is 15.8. The Labute approximate surface area is 332 Å². The van der Waals surface area contributed by atoms with E-state index in [1.165, 1.54) is 65.7 Å². The van der Waals surface area contributed by atoms with Crippen LogP contribution in [-0.2, 0) is 5.41 Å². The molecule has 1 aliphatic rings. The lowest BCUT2D eigenvalue weighted by atomic mass is 9.81. The van der Waals surface area contributed by atoms with Crippen molar-refractivity contribution < 1.29 is 0 Å². The molecule has 0 unspecified atom stereocenters. The molecule has 0 radical (unpaired) electrons. The quantitative estimate of drug-likeness (QED) is 0.176. The van der Waals surface area contributed by atoms with Gasteiger partial charge < -0.3 is 0 Å². The van der Waals surface area contributed by atoms with Crippen LogP contribution in [0.5, 0.6) is 0 Å².